The van der Waals surface area contributed by atoms with E-state index in [-0.39, 0.29) is 32.7 Å². The van der Waals surface area contributed by atoms with Crippen LogP contribution >= 0.6 is 0 Å². The van der Waals surface area contributed by atoms with E-state index in [2.05, 4.69) is 73.0 Å². The first-order chi connectivity index (χ1) is 23.8. The van der Waals surface area contributed by atoms with Crippen molar-refractivity contribution in [2.24, 2.45) is 0 Å². The van der Waals surface area contributed by atoms with Gasteiger partial charge >= 0.3 is 21.1 Å². The molecule has 2 aliphatic carbocycles. The standard InChI is InChI=1S/C44H27F2N3.Pt/c1-24-19-25(2)42-31-14-11-27(38-10-6-7-26(3)47-38)21-39(31)49(40(42)20-24)41-18-17-37-43(48-41)30-8-4-5-9-34(30)44(37)35-15-12-28(45)22-32(35)33-23-29(46)13-16-36(33)44;/h4-7,9-20,22-23H,1-3H3;/q-2;+2. The first kappa shape index (κ1) is 30.8. The summed E-state index contributed by atoms with van der Waals surface area (Å²) >= 11 is 0. The van der Waals surface area contributed by atoms with E-state index >= 15 is 0 Å². The Hall–Kier alpha value is -5.25. The first-order valence-electron chi connectivity index (χ1n) is 16.4. The largest absolute Gasteiger partial charge is 2.00 e. The van der Waals surface area contributed by atoms with Crippen LogP contribution in [0.25, 0.3) is 61.3 Å². The molecule has 3 aromatic heterocycles. The number of halogens is 2. The summed E-state index contributed by atoms with van der Waals surface area (Å²) in [6.45, 7) is 6.27. The van der Waals surface area contributed by atoms with Gasteiger partial charge in [-0.3, -0.25) is 4.98 Å². The number of aryl methyl sites for hydroxylation is 3. The van der Waals surface area contributed by atoms with Gasteiger partial charge in [-0.1, -0.05) is 52.9 Å². The summed E-state index contributed by atoms with van der Waals surface area (Å²) in [5, 5.41) is 2.26. The fraction of sp³-hybridized carbons (Fsp3) is 0.0909. The van der Waals surface area contributed by atoms with Crippen LogP contribution in [0.3, 0.4) is 0 Å². The molecule has 0 saturated carbocycles. The van der Waals surface area contributed by atoms with Crippen LogP contribution in [0.5, 0.6) is 0 Å². The minimum absolute atomic E-state index is 0. The predicted molar refractivity (Wildman–Crippen MR) is 190 cm³/mol. The molecule has 50 heavy (non-hydrogen) atoms. The van der Waals surface area contributed by atoms with Gasteiger partial charge < -0.3 is 9.55 Å². The number of rotatable bonds is 2. The van der Waals surface area contributed by atoms with Gasteiger partial charge in [-0.15, -0.1) is 59.2 Å². The van der Waals surface area contributed by atoms with E-state index in [4.69, 9.17) is 9.97 Å². The van der Waals surface area contributed by atoms with Gasteiger partial charge in [0.05, 0.1) is 0 Å². The number of hydrogen-bond donors (Lipinski definition) is 0. The van der Waals surface area contributed by atoms with Crippen molar-refractivity contribution in [3.8, 4) is 39.5 Å². The van der Waals surface area contributed by atoms with E-state index in [0.29, 0.717) is 11.1 Å². The second-order valence-electron chi connectivity index (χ2n) is 13.3. The fourth-order valence-corrected chi connectivity index (χ4v) is 8.55. The van der Waals surface area contributed by atoms with E-state index in [1.165, 1.54) is 29.8 Å². The van der Waals surface area contributed by atoms with Crippen LogP contribution in [0.2, 0.25) is 0 Å². The molecule has 0 saturated heterocycles. The molecule has 0 fully saturated rings. The van der Waals surface area contributed by atoms with Gasteiger partial charge in [0, 0.05) is 16.6 Å². The number of benzene rings is 5. The Bertz CT molecular complexity index is 2690. The zero-order valence-electron chi connectivity index (χ0n) is 27.3. The molecule has 0 radical (unpaired) electrons. The van der Waals surface area contributed by atoms with Crippen LogP contribution in [0.1, 0.15) is 39.1 Å². The molecule has 0 N–H and O–H groups in total. The average Bonchev–Trinajstić information content (AvgIpc) is 3.68. The van der Waals surface area contributed by atoms with Gasteiger partial charge in [0.25, 0.3) is 0 Å². The molecule has 3 heterocycles. The SMILES string of the molecule is Cc1cc(C)c2c3ccc(-c4cccc(C)n4)[c-]c3n(-c3ccc4c(n3)-c3[c-]cccc3C43c4ccc(F)cc4-c4cc(F)ccc43)c2c1.[Pt+2]. The molecule has 0 atom stereocenters. The van der Waals surface area contributed by atoms with Crippen molar-refractivity contribution < 1.29 is 29.8 Å². The summed E-state index contributed by atoms with van der Waals surface area (Å²) in [7, 11) is 0. The Morgan fingerprint density at radius 2 is 1.44 bits per heavy atom. The zero-order chi connectivity index (χ0) is 33.2. The summed E-state index contributed by atoms with van der Waals surface area (Å²) in [6.07, 6.45) is 0. The predicted octanol–water partition coefficient (Wildman–Crippen LogP) is 10.4. The van der Waals surface area contributed by atoms with Crippen molar-refractivity contribution in [3.05, 3.63) is 172 Å². The molecule has 6 heteroatoms. The molecular weight excluding hydrogens is 804 g/mol. The number of pyridine rings is 2. The topological polar surface area (TPSA) is 30.7 Å². The van der Waals surface area contributed by atoms with Crippen molar-refractivity contribution in [1.82, 2.24) is 14.5 Å². The third-order valence-electron chi connectivity index (χ3n) is 10.4. The molecule has 1 spiro atoms. The summed E-state index contributed by atoms with van der Waals surface area (Å²) in [5.74, 6) is 0.0447. The van der Waals surface area contributed by atoms with Gasteiger partial charge in [-0.2, -0.15) is 0 Å². The van der Waals surface area contributed by atoms with Gasteiger partial charge in [-0.05, 0) is 113 Å². The maximum Gasteiger partial charge on any atom is 2.00 e. The van der Waals surface area contributed by atoms with E-state index in [0.717, 1.165) is 83.6 Å². The smallest absolute Gasteiger partial charge is 0.313 e. The number of nitrogens with zero attached hydrogens (tertiary/aromatic N) is 3. The molecule has 2 aliphatic rings. The van der Waals surface area contributed by atoms with Crippen LogP contribution in [-0.2, 0) is 26.5 Å². The zero-order valence-corrected chi connectivity index (χ0v) is 29.6. The molecule has 0 amide bonds. The van der Waals surface area contributed by atoms with Crippen LogP contribution in [0.15, 0.2) is 109 Å². The van der Waals surface area contributed by atoms with E-state index in [9.17, 15) is 8.78 Å². The van der Waals surface area contributed by atoms with E-state index < -0.39 is 5.41 Å². The Morgan fingerprint density at radius 3 is 2.18 bits per heavy atom. The normalized spacial score (nSPS) is 13.3. The van der Waals surface area contributed by atoms with Gasteiger partial charge in [0.1, 0.15) is 17.5 Å². The van der Waals surface area contributed by atoms with Crippen molar-refractivity contribution >= 4 is 21.8 Å². The Labute approximate surface area is 302 Å². The van der Waals surface area contributed by atoms with E-state index in [1.807, 2.05) is 49.4 Å². The molecule has 0 bridgehead atoms. The molecule has 3 nitrogen and oxygen atoms in total. The van der Waals surface area contributed by atoms with Crippen LogP contribution in [0, 0.1) is 44.5 Å². The van der Waals surface area contributed by atoms with Crippen molar-refractivity contribution in [1.29, 1.82) is 0 Å². The molecule has 0 unspecified atom stereocenters. The number of hydrogen-bond acceptors (Lipinski definition) is 2. The minimum Gasteiger partial charge on any atom is -0.313 e. The molecule has 5 aromatic carbocycles. The van der Waals surface area contributed by atoms with Crippen molar-refractivity contribution in [3.63, 3.8) is 0 Å². The minimum atomic E-state index is -0.788. The van der Waals surface area contributed by atoms with E-state index in [1.54, 1.807) is 0 Å². The maximum absolute atomic E-state index is 14.8. The van der Waals surface area contributed by atoms with Gasteiger partial charge in [0.15, 0.2) is 0 Å². The monoisotopic (exact) mass is 830 g/mol. The second kappa shape index (κ2) is 10.9. The Morgan fingerprint density at radius 1 is 0.700 bits per heavy atom. The van der Waals surface area contributed by atoms with Gasteiger partial charge in [-0.25, -0.2) is 8.78 Å². The summed E-state index contributed by atoms with van der Waals surface area (Å²) in [4.78, 5) is 10.3. The molecule has 0 aliphatic heterocycles. The average molecular weight is 831 g/mol. The third-order valence-corrected chi connectivity index (χ3v) is 10.4. The van der Waals surface area contributed by atoms with Crippen molar-refractivity contribution in [2.75, 3.05) is 0 Å². The second-order valence-corrected chi connectivity index (χ2v) is 13.3. The third kappa shape index (κ3) is 4.04. The Kier molecular flexibility index (Phi) is 6.69. The fourth-order valence-electron chi connectivity index (χ4n) is 8.55. The molecule has 242 valence electrons. The number of fused-ring (bicyclic) bond motifs is 13. The Balaban J connectivity index is 0.00000336. The molecule has 10 rings (SSSR count). The number of aromatic nitrogens is 3. The summed E-state index contributed by atoms with van der Waals surface area (Å²) in [5.41, 5.74) is 13.1. The van der Waals surface area contributed by atoms with Crippen molar-refractivity contribution in [2.45, 2.75) is 26.2 Å². The van der Waals surface area contributed by atoms with Gasteiger partial charge in [0.2, 0.25) is 0 Å². The van der Waals surface area contributed by atoms with Crippen LogP contribution in [-0.4, -0.2) is 14.5 Å². The van der Waals surface area contributed by atoms with Crippen LogP contribution in [0.4, 0.5) is 8.78 Å². The van der Waals surface area contributed by atoms with Crippen LogP contribution < -0.4 is 0 Å². The molecule has 8 aromatic rings. The quantitative estimate of drug-likeness (QED) is 0.163. The molecular formula is C44H27F2N3Pt. The summed E-state index contributed by atoms with van der Waals surface area (Å²) < 4.78 is 31.8. The maximum atomic E-state index is 14.8. The summed E-state index contributed by atoms with van der Waals surface area (Å²) in [6, 6.07) is 41.9. The first-order valence-corrected chi connectivity index (χ1v) is 16.4.